The fourth-order valence-electron chi connectivity index (χ4n) is 4.92. The van der Waals surface area contributed by atoms with E-state index in [2.05, 4.69) is 134 Å². The van der Waals surface area contributed by atoms with Gasteiger partial charge in [0.05, 0.1) is 6.16 Å². The molecule has 0 spiro atoms. The predicted octanol–water partition coefficient (Wildman–Crippen LogP) is 4.59. The summed E-state index contributed by atoms with van der Waals surface area (Å²) in [5.74, 6) is 0. The van der Waals surface area contributed by atoms with E-state index in [9.17, 15) is 0 Å². The summed E-state index contributed by atoms with van der Waals surface area (Å²) in [4.78, 5) is 2.57. The van der Waals surface area contributed by atoms with Crippen molar-refractivity contribution in [2.24, 2.45) is 0 Å². The fraction of sp³-hybridized carbons (Fsp3) is 0.273. The molecular weight excluding hydrogens is 521 g/mol. The van der Waals surface area contributed by atoms with Crippen LogP contribution >= 0.6 is 7.26 Å². The van der Waals surface area contributed by atoms with E-state index in [1.165, 1.54) is 52.8 Å². The molecule has 0 fully saturated rings. The molecule has 0 aliphatic carbocycles. The molecular formula is C33H39BrNP. The largest absolute Gasteiger partial charge is 1.00 e. The number of nitrogens with zero attached hydrogens (tertiary/aromatic N) is 1. The molecule has 0 amide bonds. The van der Waals surface area contributed by atoms with Crippen molar-refractivity contribution >= 4 is 28.9 Å². The van der Waals surface area contributed by atoms with Crippen molar-refractivity contribution in [3.63, 3.8) is 0 Å². The van der Waals surface area contributed by atoms with E-state index in [4.69, 9.17) is 0 Å². The fourth-order valence-corrected chi connectivity index (χ4v) is 9.17. The molecule has 0 radical (unpaired) electrons. The first-order valence-electron chi connectivity index (χ1n) is 13.2. The number of hydrogen-bond donors (Lipinski definition) is 0. The molecule has 4 aromatic carbocycles. The Labute approximate surface area is 229 Å². The van der Waals surface area contributed by atoms with Crippen LogP contribution in [0.5, 0.6) is 0 Å². The maximum absolute atomic E-state index is 2.57. The number of unbranched alkanes of at least 4 members (excludes halogenated alkanes) is 2. The van der Waals surface area contributed by atoms with Gasteiger partial charge in [-0.05, 0) is 66.9 Å². The third-order valence-electron chi connectivity index (χ3n) is 6.88. The highest BCUT2D eigenvalue weighted by molar-refractivity contribution is 7.95. The van der Waals surface area contributed by atoms with E-state index in [-0.39, 0.29) is 17.0 Å². The minimum Gasteiger partial charge on any atom is -1.00 e. The molecule has 0 bridgehead atoms. The molecule has 0 unspecified atom stereocenters. The zero-order valence-corrected chi connectivity index (χ0v) is 24.2. The molecule has 4 rings (SSSR count). The summed E-state index contributed by atoms with van der Waals surface area (Å²) in [7, 11) is -1.86. The Balaban J connectivity index is 0.00000361. The molecule has 0 saturated carbocycles. The Morgan fingerprint density at radius 1 is 0.528 bits per heavy atom. The lowest BCUT2D eigenvalue weighted by molar-refractivity contribution is -0.00000704. The van der Waals surface area contributed by atoms with E-state index in [0.29, 0.717) is 0 Å². The van der Waals surface area contributed by atoms with Crippen molar-refractivity contribution in [3.8, 4) is 0 Å². The van der Waals surface area contributed by atoms with Crippen LogP contribution in [0.1, 0.15) is 45.1 Å². The smallest absolute Gasteiger partial charge is 0.116 e. The van der Waals surface area contributed by atoms with Crippen LogP contribution in [0, 0.1) is 0 Å². The summed E-state index contributed by atoms with van der Waals surface area (Å²) in [6, 6.07) is 43.0. The van der Waals surface area contributed by atoms with Gasteiger partial charge in [0.25, 0.3) is 0 Å². The second-order valence-electron chi connectivity index (χ2n) is 9.34. The van der Waals surface area contributed by atoms with Crippen LogP contribution in [0.25, 0.3) is 0 Å². The van der Waals surface area contributed by atoms with Gasteiger partial charge < -0.3 is 21.9 Å². The topological polar surface area (TPSA) is 3.24 Å². The Hall–Kier alpha value is -2.41. The monoisotopic (exact) mass is 559 g/mol. The summed E-state index contributed by atoms with van der Waals surface area (Å²) in [6.07, 6.45) is 5.99. The van der Waals surface area contributed by atoms with Gasteiger partial charge in [-0.25, -0.2) is 0 Å². The van der Waals surface area contributed by atoms with Gasteiger partial charge in [-0.15, -0.1) is 0 Å². The highest BCUT2D eigenvalue weighted by Crippen LogP contribution is 2.58. The number of rotatable bonds is 12. The van der Waals surface area contributed by atoms with Crippen LogP contribution < -0.4 is 37.8 Å². The molecule has 3 heteroatoms. The average Bonchev–Trinajstić information content (AvgIpc) is 2.94. The quantitative estimate of drug-likeness (QED) is 0.229. The summed E-state index contributed by atoms with van der Waals surface area (Å²) >= 11 is 0. The van der Waals surface area contributed by atoms with E-state index >= 15 is 0 Å². The van der Waals surface area contributed by atoms with E-state index in [0.717, 1.165) is 19.3 Å². The zero-order valence-electron chi connectivity index (χ0n) is 21.7. The first-order chi connectivity index (χ1) is 17.3. The van der Waals surface area contributed by atoms with Gasteiger partial charge in [0, 0.05) is 18.8 Å². The van der Waals surface area contributed by atoms with Crippen molar-refractivity contribution < 1.29 is 17.0 Å². The highest BCUT2D eigenvalue weighted by Gasteiger charge is 2.45. The van der Waals surface area contributed by atoms with Crippen molar-refractivity contribution in [3.05, 3.63) is 121 Å². The van der Waals surface area contributed by atoms with Crippen molar-refractivity contribution in [2.45, 2.75) is 45.7 Å². The molecule has 4 aromatic rings. The Morgan fingerprint density at radius 2 is 0.917 bits per heavy atom. The Bertz CT molecular complexity index is 1030. The first-order valence-corrected chi connectivity index (χ1v) is 15.1. The van der Waals surface area contributed by atoms with Gasteiger partial charge in [-0.1, -0.05) is 93.4 Å². The molecule has 0 aromatic heterocycles. The molecule has 0 N–H and O–H groups in total. The standard InChI is InChI=1S/C33H39NP.BrH/c1-3-5-26-34(27-6-4-2)30-24-22-29(23-25-30)28-35(31-16-10-7-11-17-31,32-18-12-8-13-19-32)33-20-14-9-15-21-33;/h7-25H,3-6,26-28H2,1-2H3;1H/q+1;/p-1. The SMILES string of the molecule is CCCCN(CCCC)c1ccc(C[P+](c2ccccc2)(c2ccccc2)c2ccccc2)cc1.[Br-]. The van der Waals surface area contributed by atoms with Crippen molar-refractivity contribution in [1.29, 1.82) is 0 Å². The highest BCUT2D eigenvalue weighted by atomic mass is 79.9. The lowest BCUT2D eigenvalue weighted by atomic mass is 10.2. The third kappa shape index (κ3) is 6.67. The summed E-state index contributed by atoms with van der Waals surface area (Å²) < 4.78 is 0. The van der Waals surface area contributed by atoms with Gasteiger partial charge in [-0.3, -0.25) is 0 Å². The number of halogens is 1. The lowest BCUT2D eigenvalue weighted by Crippen LogP contribution is -3.00. The third-order valence-corrected chi connectivity index (χ3v) is 11.3. The lowest BCUT2D eigenvalue weighted by Gasteiger charge is -2.28. The van der Waals surface area contributed by atoms with Gasteiger partial charge in [0.15, 0.2) is 0 Å². The van der Waals surface area contributed by atoms with E-state index in [1.807, 2.05) is 0 Å². The molecule has 188 valence electrons. The summed E-state index contributed by atoms with van der Waals surface area (Å²) in [6.45, 7) is 6.85. The van der Waals surface area contributed by atoms with Crippen molar-refractivity contribution in [2.75, 3.05) is 18.0 Å². The maximum Gasteiger partial charge on any atom is 0.116 e. The van der Waals surface area contributed by atoms with Gasteiger partial charge in [-0.2, -0.15) is 0 Å². The van der Waals surface area contributed by atoms with Crippen LogP contribution in [0.3, 0.4) is 0 Å². The Kier molecular flexibility index (Phi) is 11.2. The summed E-state index contributed by atoms with van der Waals surface area (Å²) in [5, 5.41) is 4.32. The van der Waals surface area contributed by atoms with Gasteiger partial charge in [0.1, 0.15) is 23.2 Å². The van der Waals surface area contributed by atoms with Crippen molar-refractivity contribution in [1.82, 2.24) is 0 Å². The molecule has 0 aliphatic heterocycles. The van der Waals surface area contributed by atoms with Gasteiger partial charge >= 0.3 is 0 Å². The van der Waals surface area contributed by atoms with E-state index in [1.54, 1.807) is 0 Å². The van der Waals surface area contributed by atoms with E-state index < -0.39 is 7.26 Å². The number of anilines is 1. The zero-order chi connectivity index (χ0) is 24.3. The number of hydrogen-bond acceptors (Lipinski definition) is 1. The minimum absolute atomic E-state index is 0. The first kappa shape index (κ1) is 28.2. The number of benzene rings is 4. The maximum atomic E-state index is 2.57. The van der Waals surface area contributed by atoms with Crippen LogP contribution in [0.2, 0.25) is 0 Å². The van der Waals surface area contributed by atoms with Crippen LogP contribution in [-0.2, 0) is 6.16 Å². The van der Waals surface area contributed by atoms with Crippen LogP contribution in [0.4, 0.5) is 5.69 Å². The molecule has 0 saturated heterocycles. The average molecular weight is 561 g/mol. The van der Waals surface area contributed by atoms with Crippen LogP contribution in [-0.4, -0.2) is 13.1 Å². The second kappa shape index (κ2) is 14.4. The predicted molar refractivity (Wildman–Crippen MR) is 157 cm³/mol. The molecule has 0 heterocycles. The van der Waals surface area contributed by atoms with Gasteiger partial charge in [0.2, 0.25) is 0 Å². The van der Waals surface area contributed by atoms with Crippen LogP contribution in [0.15, 0.2) is 115 Å². The normalized spacial score (nSPS) is 11.1. The molecule has 1 nitrogen and oxygen atoms in total. The minimum atomic E-state index is -1.86. The summed E-state index contributed by atoms with van der Waals surface area (Å²) in [5.41, 5.74) is 2.77. The Morgan fingerprint density at radius 3 is 1.28 bits per heavy atom. The molecule has 0 atom stereocenters. The molecule has 36 heavy (non-hydrogen) atoms. The molecule has 0 aliphatic rings. The second-order valence-corrected chi connectivity index (χ2v) is 12.8.